The van der Waals surface area contributed by atoms with Crippen LogP contribution < -0.4 is 5.56 Å². The van der Waals surface area contributed by atoms with Crippen molar-refractivity contribution >= 4 is 5.91 Å². The maximum atomic E-state index is 14.0. The zero-order chi connectivity index (χ0) is 18.5. The minimum absolute atomic E-state index is 0.0873. The fraction of sp³-hybridized carbons (Fsp3) is 0.450. The van der Waals surface area contributed by atoms with Crippen molar-refractivity contribution in [1.29, 1.82) is 0 Å². The van der Waals surface area contributed by atoms with Crippen LogP contribution in [0.2, 0.25) is 0 Å². The van der Waals surface area contributed by atoms with Gasteiger partial charge in [-0.25, -0.2) is 9.37 Å². The maximum absolute atomic E-state index is 14.0. The highest BCUT2D eigenvalue weighted by Crippen LogP contribution is 2.21. The molecule has 26 heavy (non-hydrogen) atoms. The van der Waals surface area contributed by atoms with Gasteiger partial charge in [-0.1, -0.05) is 38.3 Å². The summed E-state index contributed by atoms with van der Waals surface area (Å²) in [5.74, 6) is -0.0918. The Hall–Kier alpha value is -2.50. The molecule has 0 radical (unpaired) electrons. The van der Waals surface area contributed by atoms with Gasteiger partial charge in [-0.05, 0) is 18.6 Å². The number of aromatic amines is 1. The van der Waals surface area contributed by atoms with E-state index >= 15 is 0 Å². The molecule has 138 valence electrons. The summed E-state index contributed by atoms with van der Waals surface area (Å²) in [6.07, 6.45) is 5.25. The normalized spacial score (nSPS) is 13.5. The first-order valence-corrected chi connectivity index (χ1v) is 9.25. The van der Waals surface area contributed by atoms with E-state index in [-0.39, 0.29) is 29.4 Å². The number of H-pyrrole nitrogens is 1. The molecule has 0 bridgehead atoms. The number of hydrogen-bond donors (Lipinski definition) is 1. The Labute approximate surface area is 152 Å². The molecule has 1 N–H and O–H groups in total. The molecule has 0 spiro atoms. The smallest absolute Gasteiger partial charge is 0.256 e. The molecule has 1 aromatic carbocycles. The molecule has 0 atom stereocenters. The largest absolute Gasteiger partial charge is 0.338 e. The van der Waals surface area contributed by atoms with Gasteiger partial charge in [-0.3, -0.25) is 9.59 Å². The molecule has 1 amide bonds. The van der Waals surface area contributed by atoms with Crippen LogP contribution in [0.1, 0.15) is 50.3 Å². The summed E-state index contributed by atoms with van der Waals surface area (Å²) >= 11 is 0. The molecule has 2 aromatic rings. The number of benzene rings is 1. The van der Waals surface area contributed by atoms with Crippen LogP contribution in [0.25, 0.3) is 11.4 Å². The molecule has 1 aliphatic rings. The van der Waals surface area contributed by atoms with Crippen LogP contribution in [-0.4, -0.2) is 27.3 Å². The third-order valence-electron chi connectivity index (χ3n) is 4.79. The zero-order valence-corrected chi connectivity index (χ0v) is 15.1. The van der Waals surface area contributed by atoms with Gasteiger partial charge >= 0.3 is 0 Å². The second-order valence-corrected chi connectivity index (χ2v) is 6.70. The van der Waals surface area contributed by atoms with Crippen molar-refractivity contribution in [2.24, 2.45) is 0 Å². The highest BCUT2D eigenvalue weighted by molar-refractivity contribution is 5.76. The summed E-state index contributed by atoms with van der Waals surface area (Å²) in [6.45, 7) is 2.97. The molecule has 5 nitrogen and oxygen atoms in total. The molecular formula is C20H24FN3O2. The molecule has 1 aliphatic heterocycles. The standard InChI is InChI=1S/C20H24FN3O2/c1-2-3-4-5-10-18(25)24-12-11-17-15(13-24)20(26)23-19(22-17)14-8-6-7-9-16(14)21/h6-9H,2-5,10-13H2,1H3,(H,22,23,26). The monoisotopic (exact) mass is 357 g/mol. The number of carbonyl (C=O) groups is 1. The van der Waals surface area contributed by atoms with E-state index in [2.05, 4.69) is 16.9 Å². The van der Waals surface area contributed by atoms with Gasteiger partial charge in [0.2, 0.25) is 5.91 Å². The fourth-order valence-corrected chi connectivity index (χ4v) is 3.28. The summed E-state index contributed by atoms with van der Waals surface area (Å²) in [7, 11) is 0. The third-order valence-corrected chi connectivity index (χ3v) is 4.79. The second kappa shape index (κ2) is 8.25. The summed E-state index contributed by atoms with van der Waals surface area (Å²) in [6, 6.07) is 6.23. The Morgan fingerprint density at radius 1 is 1.27 bits per heavy atom. The SMILES string of the molecule is CCCCCCC(=O)N1CCc2nc(-c3ccccc3F)[nH]c(=O)c2C1. The van der Waals surface area contributed by atoms with Crippen LogP contribution in [0.15, 0.2) is 29.1 Å². The van der Waals surface area contributed by atoms with Crippen LogP contribution in [0.3, 0.4) is 0 Å². The number of nitrogens with one attached hydrogen (secondary N) is 1. The molecular weight excluding hydrogens is 333 g/mol. The van der Waals surface area contributed by atoms with E-state index in [0.717, 1.165) is 25.7 Å². The van der Waals surface area contributed by atoms with E-state index in [1.165, 1.54) is 6.07 Å². The lowest BCUT2D eigenvalue weighted by atomic mass is 10.0. The molecule has 0 aliphatic carbocycles. The van der Waals surface area contributed by atoms with Gasteiger partial charge in [0.1, 0.15) is 11.6 Å². The molecule has 0 saturated carbocycles. The maximum Gasteiger partial charge on any atom is 0.256 e. The number of nitrogens with zero attached hydrogens (tertiary/aromatic N) is 2. The Kier molecular flexibility index (Phi) is 5.81. The number of halogens is 1. The molecule has 6 heteroatoms. The highest BCUT2D eigenvalue weighted by Gasteiger charge is 2.24. The lowest BCUT2D eigenvalue weighted by Crippen LogP contribution is -2.39. The number of fused-ring (bicyclic) bond motifs is 1. The molecule has 0 saturated heterocycles. The first-order chi connectivity index (χ1) is 12.6. The van der Waals surface area contributed by atoms with E-state index in [4.69, 9.17) is 0 Å². The highest BCUT2D eigenvalue weighted by atomic mass is 19.1. The molecule has 1 aromatic heterocycles. The Bertz CT molecular complexity index is 847. The Balaban J connectivity index is 1.75. The average molecular weight is 357 g/mol. The van der Waals surface area contributed by atoms with Crippen molar-refractivity contribution in [2.45, 2.75) is 52.0 Å². The van der Waals surface area contributed by atoms with Gasteiger partial charge in [-0.15, -0.1) is 0 Å². The number of amides is 1. The summed E-state index contributed by atoms with van der Waals surface area (Å²) in [4.78, 5) is 33.7. The van der Waals surface area contributed by atoms with E-state index in [9.17, 15) is 14.0 Å². The zero-order valence-electron chi connectivity index (χ0n) is 15.1. The van der Waals surface area contributed by atoms with Gasteiger partial charge in [0.15, 0.2) is 0 Å². The molecule has 2 heterocycles. The Morgan fingerprint density at radius 3 is 2.85 bits per heavy atom. The fourth-order valence-electron chi connectivity index (χ4n) is 3.28. The van der Waals surface area contributed by atoms with Gasteiger partial charge in [0.05, 0.1) is 23.4 Å². The Morgan fingerprint density at radius 2 is 2.08 bits per heavy atom. The summed E-state index contributed by atoms with van der Waals surface area (Å²) in [5.41, 5.74) is 1.15. The molecule has 3 rings (SSSR count). The number of aromatic nitrogens is 2. The van der Waals surface area contributed by atoms with Gasteiger partial charge in [0.25, 0.3) is 5.56 Å². The second-order valence-electron chi connectivity index (χ2n) is 6.70. The summed E-state index contributed by atoms with van der Waals surface area (Å²) in [5, 5.41) is 0. The lowest BCUT2D eigenvalue weighted by Gasteiger charge is -2.28. The number of carbonyl (C=O) groups excluding carboxylic acids is 1. The third kappa shape index (κ3) is 4.00. The summed E-state index contributed by atoms with van der Waals surface area (Å²) < 4.78 is 14.0. The van der Waals surface area contributed by atoms with Crippen LogP contribution in [0.4, 0.5) is 4.39 Å². The topological polar surface area (TPSA) is 66.1 Å². The van der Waals surface area contributed by atoms with Crippen molar-refractivity contribution in [2.75, 3.05) is 6.54 Å². The number of hydrogen-bond acceptors (Lipinski definition) is 3. The van der Waals surface area contributed by atoms with Gasteiger partial charge in [0, 0.05) is 19.4 Å². The van der Waals surface area contributed by atoms with Gasteiger partial charge < -0.3 is 9.88 Å². The van der Waals surface area contributed by atoms with E-state index < -0.39 is 5.82 Å². The van der Waals surface area contributed by atoms with Crippen molar-refractivity contribution in [1.82, 2.24) is 14.9 Å². The predicted molar refractivity (Wildman–Crippen MR) is 98.1 cm³/mol. The van der Waals surface area contributed by atoms with E-state index in [1.54, 1.807) is 23.1 Å². The number of rotatable bonds is 6. The van der Waals surface area contributed by atoms with Crippen molar-refractivity contribution in [3.63, 3.8) is 0 Å². The average Bonchev–Trinajstić information content (AvgIpc) is 2.65. The minimum Gasteiger partial charge on any atom is -0.338 e. The molecule has 0 fully saturated rings. The quantitative estimate of drug-likeness (QED) is 0.806. The van der Waals surface area contributed by atoms with Crippen molar-refractivity contribution < 1.29 is 9.18 Å². The van der Waals surface area contributed by atoms with Crippen molar-refractivity contribution in [3.8, 4) is 11.4 Å². The van der Waals surface area contributed by atoms with Crippen LogP contribution in [-0.2, 0) is 17.8 Å². The molecule has 0 unspecified atom stereocenters. The van der Waals surface area contributed by atoms with E-state index in [1.807, 2.05) is 0 Å². The predicted octanol–water partition coefficient (Wildman–Crippen LogP) is 3.43. The first-order valence-electron chi connectivity index (χ1n) is 9.25. The number of unbranched alkanes of at least 4 members (excludes halogenated alkanes) is 3. The van der Waals surface area contributed by atoms with E-state index in [0.29, 0.717) is 30.6 Å². The lowest BCUT2D eigenvalue weighted by molar-refractivity contribution is -0.132. The van der Waals surface area contributed by atoms with Crippen LogP contribution in [0, 0.1) is 5.82 Å². The van der Waals surface area contributed by atoms with Crippen LogP contribution >= 0.6 is 0 Å². The van der Waals surface area contributed by atoms with Crippen molar-refractivity contribution in [3.05, 3.63) is 51.7 Å². The first kappa shape index (κ1) is 18.3. The minimum atomic E-state index is -0.421. The van der Waals surface area contributed by atoms with Gasteiger partial charge in [-0.2, -0.15) is 0 Å². The van der Waals surface area contributed by atoms with Crippen LogP contribution in [0.5, 0.6) is 0 Å².